The van der Waals surface area contributed by atoms with Gasteiger partial charge < -0.3 is 11.1 Å². The maximum atomic E-state index is 5.60. The summed E-state index contributed by atoms with van der Waals surface area (Å²) in [7, 11) is 0. The Morgan fingerprint density at radius 2 is 2.00 bits per heavy atom. The van der Waals surface area contributed by atoms with Crippen molar-refractivity contribution in [3.05, 3.63) is 35.7 Å². The molecule has 0 aliphatic heterocycles. The third-order valence-electron chi connectivity index (χ3n) is 1.61. The van der Waals surface area contributed by atoms with E-state index in [2.05, 4.69) is 18.5 Å². The van der Waals surface area contributed by atoms with Crippen molar-refractivity contribution in [2.75, 3.05) is 6.54 Å². The van der Waals surface area contributed by atoms with Crippen LogP contribution in [0.3, 0.4) is 0 Å². The molecule has 1 rings (SSSR count). The lowest BCUT2D eigenvalue weighted by atomic mass is 9.90. The predicted octanol–water partition coefficient (Wildman–Crippen LogP) is 0.892. The van der Waals surface area contributed by atoms with Crippen LogP contribution >= 0.6 is 0 Å². The van der Waals surface area contributed by atoms with Crippen LogP contribution < -0.4 is 11.1 Å². The lowest BCUT2D eigenvalue weighted by molar-refractivity contribution is 0.827. The topological polar surface area (TPSA) is 38.0 Å². The van der Waals surface area contributed by atoms with Crippen molar-refractivity contribution in [2.24, 2.45) is 5.73 Å². The van der Waals surface area contributed by atoms with E-state index in [0.717, 1.165) is 29.1 Å². The van der Waals surface area contributed by atoms with Crippen molar-refractivity contribution in [2.45, 2.75) is 6.92 Å². The van der Waals surface area contributed by atoms with E-state index in [0.29, 0.717) is 0 Å². The minimum absolute atomic E-state index is 0.756. The molecule has 2 heteroatoms. The summed E-state index contributed by atoms with van der Waals surface area (Å²) >= 11 is 0. The largest absolute Gasteiger partial charge is 0.397 e. The van der Waals surface area contributed by atoms with Gasteiger partial charge in [-0.1, -0.05) is 13.2 Å². The van der Waals surface area contributed by atoms with Crippen molar-refractivity contribution in [1.82, 2.24) is 5.32 Å². The van der Waals surface area contributed by atoms with Gasteiger partial charge in [0.15, 0.2) is 0 Å². The van der Waals surface area contributed by atoms with Gasteiger partial charge in [0.05, 0.1) is 11.4 Å². The van der Waals surface area contributed by atoms with E-state index in [1.54, 1.807) is 0 Å². The van der Waals surface area contributed by atoms with Gasteiger partial charge in [-0.2, -0.15) is 0 Å². The van der Waals surface area contributed by atoms with Crippen molar-refractivity contribution >= 4 is 0 Å². The summed E-state index contributed by atoms with van der Waals surface area (Å²) in [5.74, 6) is 0. The Balaban J connectivity index is 2.78. The molecule has 0 aromatic rings. The number of hydrogen-bond acceptors (Lipinski definition) is 2. The first-order valence-electron chi connectivity index (χ1n) is 3.31. The van der Waals surface area contributed by atoms with Crippen molar-refractivity contribution in [3.63, 3.8) is 0 Å². The van der Waals surface area contributed by atoms with Crippen LogP contribution in [0.5, 0.6) is 0 Å². The summed E-state index contributed by atoms with van der Waals surface area (Å²) < 4.78 is 0. The second kappa shape index (κ2) is 2.21. The summed E-state index contributed by atoms with van der Waals surface area (Å²) in [4.78, 5) is 0. The monoisotopic (exact) mass is 136 g/mol. The molecule has 0 spiro atoms. The number of allylic oxidation sites excluding steroid dienone is 2. The Morgan fingerprint density at radius 3 is 2.40 bits per heavy atom. The lowest BCUT2D eigenvalue weighted by Crippen LogP contribution is -2.28. The highest BCUT2D eigenvalue weighted by Gasteiger charge is 2.22. The molecule has 0 aromatic heterocycles. The van der Waals surface area contributed by atoms with E-state index in [4.69, 9.17) is 5.73 Å². The molecule has 0 unspecified atom stereocenters. The molecule has 0 saturated heterocycles. The quantitative estimate of drug-likeness (QED) is 0.591. The van der Waals surface area contributed by atoms with Crippen LogP contribution in [0.2, 0.25) is 0 Å². The predicted molar refractivity (Wildman–Crippen MR) is 43.2 cm³/mol. The number of hydrogen-bond donors (Lipinski definition) is 2. The molecule has 0 amide bonds. The normalized spacial score (nSPS) is 17.3. The molecule has 0 bridgehead atoms. The first-order valence-corrected chi connectivity index (χ1v) is 3.31. The molecule has 0 fully saturated rings. The zero-order chi connectivity index (χ0) is 7.72. The van der Waals surface area contributed by atoms with Gasteiger partial charge in [-0.25, -0.2) is 0 Å². The summed E-state index contributed by atoms with van der Waals surface area (Å²) in [6.07, 6.45) is 0. The van der Waals surface area contributed by atoms with E-state index >= 15 is 0 Å². The second-order valence-corrected chi connectivity index (χ2v) is 2.28. The zero-order valence-corrected chi connectivity index (χ0v) is 6.20. The first kappa shape index (κ1) is 6.93. The number of nitrogens with two attached hydrogens (primary N) is 1. The molecular weight excluding hydrogens is 124 g/mol. The highest BCUT2D eigenvalue weighted by atomic mass is 14.9. The number of rotatable bonds is 2. The Morgan fingerprint density at radius 1 is 1.40 bits per heavy atom. The molecule has 1 aliphatic rings. The molecule has 0 aromatic carbocycles. The summed E-state index contributed by atoms with van der Waals surface area (Å²) in [5.41, 5.74) is 9.14. The molecular formula is C8H12N2. The van der Waals surface area contributed by atoms with Gasteiger partial charge in [0.1, 0.15) is 0 Å². The van der Waals surface area contributed by atoms with Gasteiger partial charge >= 0.3 is 0 Å². The first-order chi connectivity index (χ1) is 4.68. The second-order valence-electron chi connectivity index (χ2n) is 2.28. The van der Waals surface area contributed by atoms with E-state index in [9.17, 15) is 0 Å². The maximum Gasteiger partial charge on any atom is 0.0654 e. The maximum absolute atomic E-state index is 5.60. The van der Waals surface area contributed by atoms with Gasteiger partial charge in [0.25, 0.3) is 0 Å². The third kappa shape index (κ3) is 0.727. The fourth-order valence-corrected chi connectivity index (χ4v) is 0.943. The Labute approximate surface area is 61.1 Å². The fraction of sp³-hybridized carbons (Fsp3) is 0.250. The summed E-state index contributed by atoms with van der Waals surface area (Å²) in [5, 5.41) is 3.11. The van der Waals surface area contributed by atoms with Crippen molar-refractivity contribution in [3.8, 4) is 0 Å². The number of likely N-dealkylation sites (N-methyl/N-ethyl adjacent to an activating group) is 1. The average Bonchev–Trinajstić information content (AvgIpc) is 1.98. The van der Waals surface area contributed by atoms with E-state index < -0.39 is 0 Å². The van der Waals surface area contributed by atoms with Gasteiger partial charge in [-0.15, -0.1) is 0 Å². The highest BCUT2D eigenvalue weighted by Crippen LogP contribution is 2.31. The van der Waals surface area contributed by atoms with Gasteiger partial charge in [-0.3, -0.25) is 0 Å². The van der Waals surface area contributed by atoms with E-state index in [1.807, 2.05) is 6.92 Å². The molecule has 3 N–H and O–H groups in total. The molecule has 2 nitrogen and oxygen atoms in total. The van der Waals surface area contributed by atoms with Crippen LogP contribution in [-0.4, -0.2) is 6.54 Å². The fourth-order valence-electron chi connectivity index (χ4n) is 0.943. The van der Waals surface area contributed by atoms with E-state index in [1.165, 1.54) is 0 Å². The lowest BCUT2D eigenvalue weighted by Gasteiger charge is -2.26. The van der Waals surface area contributed by atoms with Gasteiger partial charge in [0, 0.05) is 17.7 Å². The SMILES string of the molecule is C=C1C(=C)C(NCC)=C1N. The van der Waals surface area contributed by atoms with Gasteiger partial charge in [0.2, 0.25) is 0 Å². The van der Waals surface area contributed by atoms with Crippen molar-refractivity contribution in [1.29, 1.82) is 0 Å². The summed E-state index contributed by atoms with van der Waals surface area (Å²) in [6, 6.07) is 0. The minimum Gasteiger partial charge on any atom is -0.397 e. The van der Waals surface area contributed by atoms with Crippen molar-refractivity contribution < 1.29 is 0 Å². The number of nitrogens with one attached hydrogen (secondary N) is 1. The zero-order valence-electron chi connectivity index (χ0n) is 6.20. The molecule has 54 valence electrons. The van der Waals surface area contributed by atoms with Crippen LogP contribution in [0.1, 0.15) is 6.92 Å². The van der Waals surface area contributed by atoms with Gasteiger partial charge in [-0.05, 0) is 6.92 Å². The Kier molecular flexibility index (Phi) is 1.53. The minimum atomic E-state index is 0.756. The molecule has 0 heterocycles. The van der Waals surface area contributed by atoms with Crippen LogP contribution in [0.4, 0.5) is 0 Å². The average molecular weight is 136 g/mol. The Bertz CT molecular complexity index is 223. The van der Waals surface area contributed by atoms with Crippen LogP contribution in [0, 0.1) is 0 Å². The molecule has 10 heavy (non-hydrogen) atoms. The third-order valence-corrected chi connectivity index (χ3v) is 1.61. The molecule has 0 radical (unpaired) electrons. The molecule has 0 saturated carbocycles. The van der Waals surface area contributed by atoms with Crippen LogP contribution in [0.25, 0.3) is 0 Å². The standard InChI is InChI=1S/C8H12N2/c1-4-10-8-6(3)5(2)7(8)9/h10H,2-4,9H2,1H3. The molecule has 1 aliphatic carbocycles. The smallest absolute Gasteiger partial charge is 0.0654 e. The Hall–Kier alpha value is -1.18. The highest BCUT2D eigenvalue weighted by molar-refractivity contribution is 5.65. The van der Waals surface area contributed by atoms with Crippen LogP contribution in [0.15, 0.2) is 35.7 Å². The van der Waals surface area contributed by atoms with Crippen LogP contribution in [-0.2, 0) is 0 Å². The summed E-state index contributed by atoms with van der Waals surface area (Å²) in [6.45, 7) is 10.4. The van der Waals surface area contributed by atoms with E-state index in [-0.39, 0.29) is 0 Å². The molecule has 0 atom stereocenters.